The molecule has 2 heterocycles. The van der Waals surface area contributed by atoms with Gasteiger partial charge in [-0.3, -0.25) is 0 Å². The van der Waals surface area contributed by atoms with Crippen LogP contribution in [0.15, 0.2) is 6.20 Å². The molecule has 0 aliphatic heterocycles. The monoisotopic (exact) mass is 389 g/mol. The third kappa shape index (κ3) is 3.74. The summed E-state index contributed by atoms with van der Waals surface area (Å²) in [5, 5.41) is 0. The molecule has 0 aliphatic rings. The van der Waals surface area contributed by atoms with Crippen molar-refractivity contribution in [2.45, 2.75) is 39.5 Å². The Kier molecular flexibility index (Phi) is 5.87. The number of H-pyrrole nitrogens is 1. The minimum atomic E-state index is 0.398. The number of nitrogens with one attached hydrogen (secondary N) is 1. The van der Waals surface area contributed by atoms with Gasteiger partial charge in [-0.25, -0.2) is 0 Å². The fraction of sp³-hybridized carbons (Fsp3) is 0.571. The van der Waals surface area contributed by atoms with E-state index >= 15 is 0 Å². The fourth-order valence-corrected chi connectivity index (χ4v) is 2.26. The predicted octanol–water partition coefficient (Wildman–Crippen LogP) is 3.92. The van der Waals surface area contributed by atoms with E-state index in [9.17, 15) is 0 Å². The van der Waals surface area contributed by atoms with Gasteiger partial charge in [-0.15, -0.1) is 0 Å². The average molecular weight is 389 g/mol. The fourth-order valence-electron chi connectivity index (χ4n) is 1.72. The molecule has 0 aliphatic carbocycles. The van der Waals surface area contributed by atoms with Crippen LogP contribution in [0.1, 0.15) is 39.5 Å². The summed E-state index contributed by atoms with van der Waals surface area (Å²) in [4.78, 5) is 12.0. The van der Waals surface area contributed by atoms with Crippen LogP contribution < -0.4 is 9.47 Å². The van der Waals surface area contributed by atoms with Crippen LogP contribution in [-0.2, 0) is 0 Å². The Hall–Kier alpha value is -1.05. The molecule has 20 heavy (non-hydrogen) atoms. The summed E-state index contributed by atoms with van der Waals surface area (Å²) < 4.78 is 12.4. The number of ether oxygens (including phenoxy) is 2. The van der Waals surface area contributed by atoms with Crippen molar-refractivity contribution < 1.29 is 9.47 Å². The zero-order valence-corrected chi connectivity index (χ0v) is 14.1. The Bertz CT molecular complexity index is 557. The van der Waals surface area contributed by atoms with E-state index in [1.807, 2.05) is 6.20 Å². The third-order valence-corrected chi connectivity index (χ3v) is 3.71. The first-order chi connectivity index (χ1) is 9.76. The summed E-state index contributed by atoms with van der Waals surface area (Å²) in [6.45, 7) is 5.56. The van der Waals surface area contributed by atoms with Gasteiger partial charge < -0.3 is 14.5 Å². The van der Waals surface area contributed by atoms with E-state index in [-0.39, 0.29) is 0 Å². The number of hydrogen-bond acceptors (Lipinski definition) is 4. The van der Waals surface area contributed by atoms with Gasteiger partial charge in [0.25, 0.3) is 0 Å². The molecule has 0 unspecified atom stereocenters. The summed E-state index contributed by atoms with van der Waals surface area (Å²) >= 11 is 2.24. The zero-order valence-electron chi connectivity index (χ0n) is 11.9. The van der Waals surface area contributed by atoms with Crippen LogP contribution >= 0.6 is 22.6 Å². The zero-order chi connectivity index (χ0) is 14.4. The van der Waals surface area contributed by atoms with E-state index in [1.54, 1.807) is 0 Å². The maximum absolute atomic E-state index is 5.75. The Morgan fingerprint density at radius 1 is 1.10 bits per heavy atom. The van der Waals surface area contributed by atoms with Gasteiger partial charge in [0.05, 0.1) is 16.8 Å². The van der Waals surface area contributed by atoms with Gasteiger partial charge in [0.2, 0.25) is 5.88 Å². The van der Waals surface area contributed by atoms with E-state index in [0.717, 1.165) is 40.3 Å². The molecule has 1 N–H and O–H groups in total. The molecule has 6 heteroatoms. The van der Waals surface area contributed by atoms with Crippen molar-refractivity contribution in [3.8, 4) is 11.9 Å². The Labute approximate surface area is 132 Å². The van der Waals surface area contributed by atoms with Crippen molar-refractivity contribution in [2.24, 2.45) is 0 Å². The third-order valence-electron chi connectivity index (χ3n) is 2.89. The largest absolute Gasteiger partial charge is 0.476 e. The second kappa shape index (κ2) is 7.66. The van der Waals surface area contributed by atoms with Crippen molar-refractivity contribution in [2.75, 3.05) is 13.2 Å². The van der Waals surface area contributed by atoms with Crippen LogP contribution in [0.5, 0.6) is 11.9 Å². The molecular weight excluding hydrogens is 369 g/mol. The van der Waals surface area contributed by atoms with E-state index in [0.29, 0.717) is 25.1 Å². The maximum Gasteiger partial charge on any atom is 0.320 e. The number of unbranched alkanes of at least 4 members (excludes halogenated alkanes) is 2. The normalized spacial score (nSPS) is 10.9. The van der Waals surface area contributed by atoms with Gasteiger partial charge in [0.15, 0.2) is 0 Å². The molecule has 2 aromatic rings. The number of aromatic amines is 1. The van der Waals surface area contributed by atoms with Gasteiger partial charge >= 0.3 is 6.01 Å². The molecular formula is C14H20IN3O2. The number of nitrogens with zero attached hydrogens (tertiary/aromatic N) is 2. The lowest BCUT2D eigenvalue weighted by Crippen LogP contribution is -2.05. The average Bonchev–Trinajstić information content (AvgIpc) is 2.81. The highest BCUT2D eigenvalue weighted by molar-refractivity contribution is 14.1. The summed E-state index contributed by atoms with van der Waals surface area (Å²) in [5.74, 6) is 0.581. The van der Waals surface area contributed by atoms with Crippen LogP contribution in [-0.4, -0.2) is 28.2 Å². The van der Waals surface area contributed by atoms with Gasteiger partial charge in [0.1, 0.15) is 11.0 Å². The second-order valence-electron chi connectivity index (χ2n) is 4.58. The van der Waals surface area contributed by atoms with Gasteiger partial charge in [0, 0.05) is 6.20 Å². The molecule has 0 saturated carbocycles. The van der Waals surface area contributed by atoms with Crippen LogP contribution in [0.4, 0.5) is 0 Å². The van der Waals surface area contributed by atoms with E-state index < -0.39 is 0 Å². The summed E-state index contributed by atoms with van der Waals surface area (Å²) in [6, 6.07) is 0.398. The highest BCUT2D eigenvalue weighted by Gasteiger charge is 2.13. The standard InChI is InChI=1S/C14H20IN3O2/c1-3-5-7-19-13-12-11(10(15)9-16-12)17-14(18-13)20-8-6-4-2/h9,16H,3-8H2,1-2H3. The predicted molar refractivity (Wildman–Crippen MR) is 87.4 cm³/mol. The first kappa shape index (κ1) is 15.3. The Morgan fingerprint density at radius 3 is 2.50 bits per heavy atom. The van der Waals surface area contributed by atoms with Crippen molar-refractivity contribution in [1.82, 2.24) is 15.0 Å². The molecule has 0 bridgehead atoms. The lowest BCUT2D eigenvalue weighted by molar-refractivity contribution is 0.267. The van der Waals surface area contributed by atoms with E-state index in [2.05, 4.69) is 51.4 Å². The molecule has 0 radical (unpaired) electrons. The Morgan fingerprint density at radius 2 is 1.80 bits per heavy atom. The van der Waals surface area contributed by atoms with Gasteiger partial charge in [-0.05, 0) is 35.4 Å². The van der Waals surface area contributed by atoms with Crippen LogP contribution in [0.2, 0.25) is 0 Å². The molecule has 2 aromatic heterocycles. The molecule has 0 amide bonds. The molecule has 0 aromatic carbocycles. The quantitative estimate of drug-likeness (QED) is 0.549. The lowest BCUT2D eigenvalue weighted by Gasteiger charge is -2.08. The molecule has 2 rings (SSSR count). The maximum atomic E-state index is 5.75. The van der Waals surface area contributed by atoms with Crippen molar-refractivity contribution in [1.29, 1.82) is 0 Å². The van der Waals surface area contributed by atoms with Crippen molar-refractivity contribution in [3.63, 3.8) is 0 Å². The molecule has 5 nitrogen and oxygen atoms in total. The molecule has 0 atom stereocenters. The minimum absolute atomic E-state index is 0.398. The smallest absolute Gasteiger partial charge is 0.320 e. The number of aromatic nitrogens is 3. The number of hydrogen-bond donors (Lipinski definition) is 1. The van der Waals surface area contributed by atoms with Gasteiger partial charge in [-0.1, -0.05) is 26.7 Å². The highest BCUT2D eigenvalue weighted by Crippen LogP contribution is 2.27. The molecule has 0 fully saturated rings. The van der Waals surface area contributed by atoms with Crippen LogP contribution in [0.3, 0.4) is 0 Å². The topological polar surface area (TPSA) is 60.0 Å². The summed E-state index contributed by atoms with van der Waals surface area (Å²) in [6.07, 6.45) is 6.09. The van der Waals surface area contributed by atoms with E-state index in [4.69, 9.17) is 9.47 Å². The molecule has 0 spiro atoms. The SMILES string of the molecule is CCCCOc1nc(OCCCC)c2[nH]cc(I)c2n1. The first-order valence-electron chi connectivity index (χ1n) is 7.06. The summed E-state index contributed by atoms with van der Waals surface area (Å²) in [5.41, 5.74) is 1.70. The van der Waals surface area contributed by atoms with Crippen molar-refractivity contribution in [3.05, 3.63) is 9.77 Å². The van der Waals surface area contributed by atoms with Crippen LogP contribution in [0, 0.1) is 3.57 Å². The van der Waals surface area contributed by atoms with E-state index in [1.165, 1.54) is 0 Å². The number of halogens is 1. The second-order valence-corrected chi connectivity index (χ2v) is 5.74. The van der Waals surface area contributed by atoms with Gasteiger partial charge in [-0.2, -0.15) is 9.97 Å². The number of rotatable bonds is 8. The first-order valence-corrected chi connectivity index (χ1v) is 8.14. The van der Waals surface area contributed by atoms with Crippen LogP contribution in [0.25, 0.3) is 11.0 Å². The summed E-state index contributed by atoms with van der Waals surface area (Å²) in [7, 11) is 0. The molecule has 110 valence electrons. The minimum Gasteiger partial charge on any atom is -0.476 e. The molecule has 0 saturated heterocycles. The Balaban J connectivity index is 2.22. The van der Waals surface area contributed by atoms with Crippen molar-refractivity contribution >= 4 is 33.6 Å². The number of fused-ring (bicyclic) bond motifs is 1. The lowest BCUT2D eigenvalue weighted by atomic mass is 10.4. The highest BCUT2D eigenvalue weighted by atomic mass is 127.